The van der Waals surface area contributed by atoms with E-state index in [9.17, 15) is 4.79 Å². The monoisotopic (exact) mass is 241 g/mol. The molecule has 0 aromatic carbocycles. The molecule has 1 heterocycles. The number of aromatic carboxylic acids is 1. The van der Waals surface area contributed by atoms with Crippen LogP contribution in [-0.2, 0) is 0 Å². The Morgan fingerprint density at radius 2 is 2.31 bits per heavy atom. The quantitative estimate of drug-likeness (QED) is 0.636. The summed E-state index contributed by atoms with van der Waals surface area (Å²) in [7, 11) is 0. The maximum atomic E-state index is 10.7. The normalized spacial score (nSPS) is 9.88. The van der Waals surface area contributed by atoms with Gasteiger partial charge in [0.1, 0.15) is 5.15 Å². The van der Waals surface area contributed by atoms with E-state index in [1.807, 2.05) is 6.92 Å². The summed E-state index contributed by atoms with van der Waals surface area (Å²) in [5.41, 5.74) is 1.05. The summed E-state index contributed by atoms with van der Waals surface area (Å²) in [6.07, 6.45) is 0.691. The van der Waals surface area contributed by atoms with Crippen LogP contribution >= 0.6 is 11.6 Å². The van der Waals surface area contributed by atoms with Crippen LogP contribution in [0.15, 0.2) is 24.3 Å². The zero-order valence-electron chi connectivity index (χ0n) is 8.86. The Kier molecular flexibility index (Phi) is 4.31. The predicted octanol–water partition coefficient (Wildman–Crippen LogP) is 2.78. The topological polar surface area (TPSA) is 59.4 Å². The fourth-order valence-electron chi connectivity index (χ4n) is 1.00. The number of aromatic nitrogens is 1. The third-order valence-corrected chi connectivity index (χ3v) is 1.99. The minimum atomic E-state index is -1.06. The number of carboxylic acid groups (broad SMARTS) is 1. The molecule has 86 valence electrons. The summed E-state index contributed by atoms with van der Waals surface area (Å²) in [5.74, 6) is -0.847. The fraction of sp³-hybridized carbons (Fsp3) is 0.273. The van der Waals surface area contributed by atoms with Crippen LogP contribution in [0, 0.1) is 0 Å². The summed E-state index contributed by atoms with van der Waals surface area (Å²) >= 11 is 5.66. The molecule has 0 saturated carbocycles. The number of ether oxygens (including phenoxy) is 1. The lowest BCUT2D eigenvalue weighted by molar-refractivity contribution is 0.0696. The van der Waals surface area contributed by atoms with E-state index in [1.54, 1.807) is 0 Å². The van der Waals surface area contributed by atoms with E-state index in [1.165, 1.54) is 12.1 Å². The lowest BCUT2D eigenvalue weighted by Crippen LogP contribution is -2.03. The van der Waals surface area contributed by atoms with E-state index in [2.05, 4.69) is 11.6 Å². The van der Waals surface area contributed by atoms with Gasteiger partial charge in [-0.05, 0) is 13.0 Å². The van der Waals surface area contributed by atoms with Gasteiger partial charge in [0.05, 0.1) is 12.2 Å². The van der Waals surface area contributed by atoms with Gasteiger partial charge in [-0.1, -0.05) is 17.2 Å². The number of hydrogen-bond acceptors (Lipinski definition) is 3. The van der Waals surface area contributed by atoms with Crippen molar-refractivity contribution in [3.05, 3.63) is 35.0 Å². The summed E-state index contributed by atoms with van der Waals surface area (Å²) < 4.78 is 5.27. The lowest BCUT2D eigenvalue weighted by Gasteiger charge is -2.06. The SMILES string of the molecule is C=C(C)CCOc1cc(C(=O)O)cc(Cl)n1. The highest BCUT2D eigenvalue weighted by atomic mass is 35.5. The molecule has 0 aliphatic carbocycles. The summed E-state index contributed by atoms with van der Waals surface area (Å²) in [6, 6.07) is 2.61. The highest BCUT2D eigenvalue weighted by molar-refractivity contribution is 6.29. The van der Waals surface area contributed by atoms with Crippen molar-refractivity contribution in [1.29, 1.82) is 0 Å². The molecular formula is C11H12ClNO3. The van der Waals surface area contributed by atoms with Gasteiger partial charge >= 0.3 is 5.97 Å². The van der Waals surface area contributed by atoms with E-state index in [0.29, 0.717) is 13.0 Å². The molecule has 0 saturated heterocycles. The second-order valence-electron chi connectivity index (χ2n) is 3.38. The van der Waals surface area contributed by atoms with Crippen molar-refractivity contribution in [2.45, 2.75) is 13.3 Å². The highest BCUT2D eigenvalue weighted by Crippen LogP contribution is 2.16. The zero-order chi connectivity index (χ0) is 12.1. The maximum absolute atomic E-state index is 10.7. The van der Waals surface area contributed by atoms with Crippen molar-refractivity contribution >= 4 is 17.6 Å². The van der Waals surface area contributed by atoms with E-state index in [-0.39, 0.29) is 16.6 Å². The molecule has 4 nitrogen and oxygen atoms in total. The van der Waals surface area contributed by atoms with Gasteiger partial charge in [0.15, 0.2) is 0 Å². The molecule has 1 N–H and O–H groups in total. The Morgan fingerprint density at radius 1 is 1.62 bits per heavy atom. The van der Waals surface area contributed by atoms with Gasteiger partial charge < -0.3 is 9.84 Å². The van der Waals surface area contributed by atoms with Crippen molar-refractivity contribution in [2.75, 3.05) is 6.61 Å². The van der Waals surface area contributed by atoms with Gasteiger partial charge in [0.25, 0.3) is 0 Å². The van der Waals surface area contributed by atoms with Gasteiger partial charge in [-0.2, -0.15) is 0 Å². The zero-order valence-corrected chi connectivity index (χ0v) is 9.62. The van der Waals surface area contributed by atoms with Crippen LogP contribution in [0.4, 0.5) is 0 Å². The average Bonchev–Trinajstić information content (AvgIpc) is 2.16. The Hall–Kier alpha value is -1.55. The second kappa shape index (κ2) is 5.51. The van der Waals surface area contributed by atoms with Gasteiger partial charge in [0, 0.05) is 12.5 Å². The van der Waals surface area contributed by atoms with Gasteiger partial charge in [0.2, 0.25) is 5.88 Å². The average molecular weight is 242 g/mol. The lowest BCUT2D eigenvalue weighted by atomic mass is 10.2. The number of halogens is 1. The third kappa shape index (κ3) is 3.90. The van der Waals surface area contributed by atoms with Gasteiger partial charge in [-0.25, -0.2) is 9.78 Å². The standard InChI is InChI=1S/C11H12ClNO3/c1-7(2)3-4-16-10-6-8(11(14)15)5-9(12)13-10/h5-6H,1,3-4H2,2H3,(H,14,15). The first kappa shape index (κ1) is 12.5. The Bertz CT molecular complexity index is 418. The first-order valence-electron chi connectivity index (χ1n) is 4.67. The number of pyridine rings is 1. The first-order chi connectivity index (χ1) is 7.49. The van der Waals surface area contributed by atoms with Crippen molar-refractivity contribution in [3.63, 3.8) is 0 Å². The van der Waals surface area contributed by atoms with Crippen LogP contribution in [-0.4, -0.2) is 22.7 Å². The van der Waals surface area contributed by atoms with Crippen LogP contribution in [0.1, 0.15) is 23.7 Å². The molecule has 5 heteroatoms. The largest absolute Gasteiger partial charge is 0.478 e. The third-order valence-electron chi connectivity index (χ3n) is 1.80. The number of rotatable bonds is 5. The van der Waals surface area contributed by atoms with E-state index in [4.69, 9.17) is 21.4 Å². The fourth-order valence-corrected chi connectivity index (χ4v) is 1.20. The van der Waals surface area contributed by atoms with Crippen LogP contribution in [0.3, 0.4) is 0 Å². The van der Waals surface area contributed by atoms with Crippen LogP contribution in [0.5, 0.6) is 5.88 Å². The molecule has 16 heavy (non-hydrogen) atoms. The molecule has 1 aromatic heterocycles. The van der Waals surface area contributed by atoms with Crippen molar-refractivity contribution in [3.8, 4) is 5.88 Å². The predicted molar refractivity (Wildman–Crippen MR) is 61.1 cm³/mol. The highest BCUT2D eigenvalue weighted by Gasteiger charge is 2.08. The smallest absolute Gasteiger partial charge is 0.335 e. The molecule has 0 atom stereocenters. The molecule has 0 spiro atoms. The summed E-state index contributed by atoms with van der Waals surface area (Å²) in [5, 5.41) is 8.89. The Labute approximate surface area is 98.5 Å². The number of hydrogen-bond donors (Lipinski definition) is 1. The summed E-state index contributed by atoms with van der Waals surface area (Å²) in [4.78, 5) is 14.6. The molecule has 0 fully saturated rings. The molecule has 0 bridgehead atoms. The van der Waals surface area contributed by atoms with Crippen LogP contribution < -0.4 is 4.74 Å². The maximum Gasteiger partial charge on any atom is 0.335 e. The first-order valence-corrected chi connectivity index (χ1v) is 5.05. The Balaban J connectivity index is 2.72. The van der Waals surface area contributed by atoms with Crippen LogP contribution in [0.2, 0.25) is 5.15 Å². The molecule has 0 aliphatic heterocycles. The molecule has 0 radical (unpaired) electrons. The minimum Gasteiger partial charge on any atom is -0.478 e. The molecule has 1 rings (SSSR count). The summed E-state index contributed by atoms with van der Waals surface area (Å²) in [6.45, 7) is 6.02. The van der Waals surface area contributed by atoms with E-state index in [0.717, 1.165) is 5.57 Å². The van der Waals surface area contributed by atoms with Gasteiger partial charge in [-0.3, -0.25) is 0 Å². The molecule has 0 unspecified atom stereocenters. The number of nitrogens with zero attached hydrogens (tertiary/aromatic N) is 1. The minimum absolute atomic E-state index is 0.0605. The molecule has 0 amide bonds. The van der Waals surface area contributed by atoms with Crippen molar-refractivity contribution in [2.24, 2.45) is 0 Å². The molecular weight excluding hydrogens is 230 g/mol. The molecule has 0 aliphatic rings. The van der Waals surface area contributed by atoms with Crippen molar-refractivity contribution in [1.82, 2.24) is 4.98 Å². The van der Waals surface area contributed by atoms with Gasteiger partial charge in [-0.15, -0.1) is 6.58 Å². The molecule has 1 aromatic rings. The van der Waals surface area contributed by atoms with E-state index >= 15 is 0 Å². The Morgan fingerprint density at radius 3 is 2.88 bits per heavy atom. The van der Waals surface area contributed by atoms with E-state index < -0.39 is 5.97 Å². The second-order valence-corrected chi connectivity index (χ2v) is 3.76. The van der Waals surface area contributed by atoms with Crippen molar-refractivity contribution < 1.29 is 14.6 Å². The number of carbonyl (C=O) groups is 1. The number of carboxylic acids is 1. The van der Waals surface area contributed by atoms with Crippen LogP contribution in [0.25, 0.3) is 0 Å².